The largest absolute Gasteiger partial charge is 0.497 e. The van der Waals surface area contributed by atoms with Crippen molar-refractivity contribution in [2.45, 2.75) is 6.54 Å². The lowest BCUT2D eigenvalue weighted by Gasteiger charge is -2.09. The predicted octanol–water partition coefficient (Wildman–Crippen LogP) is 4.88. The summed E-state index contributed by atoms with van der Waals surface area (Å²) in [6.07, 6.45) is 1.43. The van der Waals surface area contributed by atoms with E-state index < -0.39 is 0 Å². The van der Waals surface area contributed by atoms with Crippen LogP contribution in [0.25, 0.3) is 11.3 Å². The van der Waals surface area contributed by atoms with Crippen molar-refractivity contribution in [3.8, 4) is 34.4 Å². The van der Waals surface area contributed by atoms with Crippen LogP contribution in [0.3, 0.4) is 0 Å². The lowest BCUT2D eigenvalue weighted by Crippen LogP contribution is -2.22. The number of ether oxygens (including phenoxy) is 3. The van der Waals surface area contributed by atoms with Gasteiger partial charge in [-0.2, -0.15) is 0 Å². The number of aromatic nitrogens is 2. The molecule has 0 atom stereocenters. The number of nitrogens with zero attached hydrogens (tertiary/aromatic N) is 2. The molecule has 0 aliphatic rings. The number of carbonyl (C=O) groups excluding carboxylic acids is 1. The van der Waals surface area contributed by atoms with Crippen LogP contribution in [0.2, 0.25) is 0 Å². The Morgan fingerprint density at radius 2 is 1.58 bits per heavy atom. The lowest BCUT2D eigenvalue weighted by atomic mass is 10.1. The molecule has 3 aromatic carbocycles. The van der Waals surface area contributed by atoms with Gasteiger partial charge in [-0.1, -0.05) is 30.3 Å². The zero-order valence-corrected chi connectivity index (χ0v) is 18.3. The number of benzene rings is 3. The second-order valence-corrected chi connectivity index (χ2v) is 7.13. The first-order valence-electron chi connectivity index (χ1n) is 10.3. The van der Waals surface area contributed by atoms with E-state index in [9.17, 15) is 4.79 Å². The summed E-state index contributed by atoms with van der Waals surface area (Å²) in [5.74, 6) is 2.29. The molecule has 1 aromatic heterocycles. The smallest absolute Gasteiger partial charge is 0.251 e. The molecule has 1 heterocycles. The summed E-state index contributed by atoms with van der Waals surface area (Å²) >= 11 is 0. The van der Waals surface area contributed by atoms with E-state index in [4.69, 9.17) is 14.2 Å². The Morgan fingerprint density at radius 3 is 2.36 bits per heavy atom. The van der Waals surface area contributed by atoms with Crippen molar-refractivity contribution in [2.75, 3.05) is 14.2 Å². The van der Waals surface area contributed by atoms with Gasteiger partial charge in [0.15, 0.2) is 0 Å². The normalized spacial score (nSPS) is 10.4. The highest BCUT2D eigenvalue weighted by molar-refractivity contribution is 5.95. The second kappa shape index (κ2) is 10.3. The first-order chi connectivity index (χ1) is 16.1. The molecule has 0 spiro atoms. The van der Waals surface area contributed by atoms with Crippen LogP contribution < -0.4 is 19.5 Å². The van der Waals surface area contributed by atoms with Gasteiger partial charge in [-0.3, -0.25) is 4.79 Å². The zero-order chi connectivity index (χ0) is 23.0. The molecular weight excluding hydrogens is 418 g/mol. The summed E-state index contributed by atoms with van der Waals surface area (Å²) in [6, 6.07) is 23.8. The van der Waals surface area contributed by atoms with E-state index in [0.717, 1.165) is 16.9 Å². The molecule has 1 N–H and O–H groups in total. The van der Waals surface area contributed by atoms with Gasteiger partial charge in [0.2, 0.25) is 5.88 Å². The Labute approximate surface area is 192 Å². The molecular formula is C26H23N3O4. The molecule has 0 fully saturated rings. The van der Waals surface area contributed by atoms with Gasteiger partial charge in [0.1, 0.15) is 23.6 Å². The van der Waals surface area contributed by atoms with Crippen LogP contribution in [0.15, 0.2) is 85.2 Å². The highest BCUT2D eigenvalue weighted by Gasteiger charge is 2.10. The van der Waals surface area contributed by atoms with Crippen LogP contribution in [-0.4, -0.2) is 30.1 Å². The Kier molecular flexibility index (Phi) is 6.80. The minimum absolute atomic E-state index is 0.172. The minimum Gasteiger partial charge on any atom is -0.497 e. The fourth-order valence-electron chi connectivity index (χ4n) is 3.19. The van der Waals surface area contributed by atoms with Crippen molar-refractivity contribution in [2.24, 2.45) is 0 Å². The van der Waals surface area contributed by atoms with Gasteiger partial charge in [0.25, 0.3) is 5.91 Å². The van der Waals surface area contributed by atoms with Gasteiger partial charge >= 0.3 is 0 Å². The summed E-state index contributed by atoms with van der Waals surface area (Å²) in [6.45, 7) is 0.416. The summed E-state index contributed by atoms with van der Waals surface area (Å²) in [5, 5.41) is 2.94. The Morgan fingerprint density at radius 1 is 0.818 bits per heavy atom. The van der Waals surface area contributed by atoms with Crippen molar-refractivity contribution in [1.29, 1.82) is 0 Å². The first-order valence-corrected chi connectivity index (χ1v) is 10.3. The molecule has 0 aliphatic carbocycles. The van der Waals surface area contributed by atoms with Crippen LogP contribution in [0.5, 0.6) is 23.1 Å². The SMILES string of the molecule is COc1ccc(CNC(=O)c2cccc(-c3cc(Oc4cccc(OC)c4)ncn3)c2)cc1. The molecule has 0 aliphatic heterocycles. The van der Waals surface area contributed by atoms with Crippen molar-refractivity contribution in [1.82, 2.24) is 15.3 Å². The average Bonchev–Trinajstić information content (AvgIpc) is 2.88. The summed E-state index contributed by atoms with van der Waals surface area (Å²) in [5.41, 5.74) is 2.95. The number of hydrogen-bond acceptors (Lipinski definition) is 6. The Hall–Kier alpha value is -4.39. The highest BCUT2D eigenvalue weighted by atomic mass is 16.5. The molecule has 0 unspecified atom stereocenters. The van der Waals surface area contributed by atoms with Crippen LogP contribution in [0.1, 0.15) is 15.9 Å². The van der Waals surface area contributed by atoms with E-state index in [1.807, 2.05) is 54.6 Å². The fourth-order valence-corrected chi connectivity index (χ4v) is 3.19. The maximum absolute atomic E-state index is 12.7. The highest BCUT2D eigenvalue weighted by Crippen LogP contribution is 2.26. The third kappa shape index (κ3) is 5.65. The molecule has 33 heavy (non-hydrogen) atoms. The fraction of sp³-hybridized carbons (Fsp3) is 0.115. The molecule has 4 aromatic rings. The van der Waals surface area contributed by atoms with Crippen molar-refractivity contribution in [3.63, 3.8) is 0 Å². The van der Waals surface area contributed by atoms with Gasteiger partial charge in [-0.15, -0.1) is 0 Å². The number of hydrogen-bond donors (Lipinski definition) is 1. The van der Waals surface area contributed by atoms with E-state index in [2.05, 4.69) is 15.3 Å². The summed E-state index contributed by atoms with van der Waals surface area (Å²) in [7, 11) is 3.22. The van der Waals surface area contributed by atoms with Crippen molar-refractivity contribution >= 4 is 5.91 Å². The molecule has 7 nitrogen and oxygen atoms in total. The molecule has 1 amide bonds. The predicted molar refractivity (Wildman–Crippen MR) is 125 cm³/mol. The topological polar surface area (TPSA) is 82.6 Å². The van der Waals surface area contributed by atoms with Crippen LogP contribution in [0.4, 0.5) is 0 Å². The van der Waals surface area contributed by atoms with Gasteiger partial charge in [0, 0.05) is 29.8 Å². The lowest BCUT2D eigenvalue weighted by molar-refractivity contribution is 0.0951. The van der Waals surface area contributed by atoms with Gasteiger partial charge in [-0.25, -0.2) is 9.97 Å². The Balaban J connectivity index is 1.46. The van der Waals surface area contributed by atoms with Crippen molar-refractivity contribution in [3.05, 3.63) is 96.3 Å². The molecule has 0 saturated heterocycles. The maximum Gasteiger partial charge on any atom is 0.251 e. The third-order valence-corrected chi connectivity index (χ3v) is 4.94. The van der Waals surface area contributed by atoms with Gasteiger partial charge in [0.05, 0.1) is 19.9 Å². The van der Waals surface area contributed by atoms with Crippen LogP contribution in [-0.2, 0) is 6.54 Å². The monoisotopic (exact) mass is 441 g/mol. The standard InChI is InChI=1S/C26H23N3O4/c1-31-21-11-9-18(10-12-21)16-27-26(30)20-6-3-5-19(13-20)24-15-25(29-17-28-24)33-23-8-4-7-22(14-23)32-2/h3-15,17H,16H2,1-2H3,(H,27,30). The summed E-state index contributed by atoms with van der Waals surface area (Å²) in [4.78, 5) is 21.2. The van der Waals surface area contributed by atoms with E-state index >= 15 is 0 Å². The van der Waals surface area contributed by atoms with Gasteiger partial charge < -0.3 is 19.5 Å². The Bertz CT molecular complexity index is 1240. The summed E-state index contributed by atoms with van der Waals surface area (Å²) < 4.78 is 16.2. The first kappa shape index (κ1) is 21.8. The van der Waals surface area contributed by atoms with Crippen LogP contribution >= 0.6 is 0 Å². The van der Waals surface area contributed by atoms with Crippen LogP contribution in [0, 0.1) is 0 Å². The number of methoxy groups -OCH3 is 2. The van der Waals surface area contributed by atoms with E-state index in [1.165, 1.54) is 6.33 Å². The zero-order valence-electron chi connectivity index (χ0n) is 18.3. The molecule has 0 radical (unpaired) electrons. The number of carbonyl (C=O) groups is 1. The average molecular weight is 441 g/mol. The van der Waals surface area contributed by atoms with E-state index in [0.29, 0.717) is 35.2 Å². The molecule has 0 bridgehead atoms. The quantitative estimate of drug-likeness (QED) is 0.420. The van der Waals surface area contributed by atoms with E-state index in [1.54, 1.807) is 38.5 Å². The molecule has 0 saturated carbocycles. The minimum atomic E-state index is -0.172. The third-order valence-electron chi connectivity index (χ3n) is 4.94. The maximum atomic E-state index is 12.7. The molecule has 7 heteroatoms. The van der Waals surface area contributed by atoms with Gasteiger partial charge in [-0.05, 0) is 42.0 Å². The number of amides is 1. The van der Waals surface area contributed by atoms with Crippen molar-refractivity contribution < 1.29 is 19.0 Å². The number of nitrogens with one attached hydrogen (secondary N) is 1. The molecule has 166 valence electrons. The van der Waals surface area contributed by atoms with E-state index in [-0.39, 0.29) is 5.91 Å². The molecule has 4 rings (SSSR count). The second-order valence-electron chi connectivity index (χ2n) is 7.13. The number of rotatable bonds is 8.